The summed E-state index contributed by atoms with van der Waals surface area (Å²) in [7, 11) is 0. The number of fused-ring (bicyclic) bond motifs is 1. The van der Waals surface area contributed by atoms with Gasteiger partial charge in [-0.25, -0.2) is 0 Å². The molecule has 102 valence electrons. The maximum absolute atomic E-state index is 5.77. The summed E-state index contributed by atoms with van der Waals surface area (Å²) in [6, 6.07) is 13.1. The molecule has 0 amide bonds. The second-order valence-corrected chi connectivity index (χ2v) is 6.15. The van der Waals surface area contributed by atoms with Crippen molar-refractivity contribution in [2.24, 2.45) is 11.8 Å². The van der Waals surface area contributed by atoms with Crippen LogP contribution in [0.4, 0.5) is 0 Å². The zero-order chi connectivity index (χ0) is 13.8. The van der Waals surface area contributed by atoms with Gasteiger partial charge in [0.15, 0.2) is 0 Å². The van der Waals surface area contributed by atoms with Gasteiger partial charge in [-0.2, -0.15) is 0 Å². The van der Waals surface area contributed by atoms with Gasteiger partial charge in [-0.15, -0.1) is 0 Å². The molecule has 1 nitrogen and oxygen atoms in total. The van der Waals surface area contributed by atoms with E-state index in [-0.39, 0.29) is 0 Å². The van der Waals surface area contributed by atoms with Crippen LogP contribution < -0.4 is 4.74 Å². The zero-order valence-corrected chi connectivity index (χ0v) is 12.4. The van der Waals surface area contributed by atoms with Crippen LogP contribution in [0.3, 0.4) is 0 Å². The molecule has 0 bridgehead atoms. The van der Waals surface area contributed by atoms with Crippen molar-refractivity contribution >= 4 is 10.8 Å². The highest BCUT2D eigenvalue weighted by Crippen LogP contribution is 2.23. The van der Waals surface area contributed by atoms with Gasteiger partial charge in [0.25, 0.3) is 0 Å². The third-order valence-corrected chi connectivity index (χ3v) is 3.10. The highest BCUT2D eigenvalue weighted by molar-refractivity contribution is 5.84. The normalized spacial score (nSPS) is 11.5. The van der Waals surface area contributed by atoms with E-state index in [4.69, 9.17) is 4.74 Å². The molecule has 0 radical (unpaired) electrons. The summed E-state index contributed by atoms with van der Waals surface area (Å²) in [4.78, 5) is 0. The van der Waals surface area contributed by atoms with Gasteiger partial charge in [0.05, 0.1) is 6.61 Å². The van der Waals surface area contributed by atoms with Gasteiger partial charge in [-0.05, 0) is 46.7 Å². The average Bonchev–Trinajstić information content (AvgIpc) is 2.35. The molecular weight excluding hydrogens is 232 g/mol. The quantitative estimate of drug-likeness (QED) is 0.725. The molecule has 0 saturated heterocycles. The first-order valence-corrected chi connectivity index (χ1v) is 7.20. The van der Waals surface area contributed by atoms with Crippen LogP contribution in [0.2, 0.25) is 0 Å². The second-order valence-electron chi connectivity index (χ2n) is 6.15. The van der Waals surface area contributed by atoms with Crippen LogP contribution in [0.15, 0.2) is 36.4 Å². The first kappa shape index (κ1) is 13.9. The summed E-state index contributed by atoms with van der Waals surface area (Å²) in [6.07, 6.45) is 1.14. The van der Waals surface area contributed by atoms with Crippen molar-refractivity contribution in [2.45, 2.75) is 34.1 Å². The van der Waals surface area contributed by atoms with E-state index in [1.54, 1.807) is 0 Å². The van der Waals surface area contributed by atoms with Crippen molar-refractivity contribution in [1.82, 2.24) is 0 Å². The van der Waals surface area contributed by atoms with Crippen LogP contribution in [0.25, 0.3) is 10.8 Å². The molecule has 0 spiro atoms. The lowest BCUT2D eigenvalue weighted by atomic mass is 9.99. The maximum atomic E-state index is 5.77. The van der Waals surface area contributed by atoms with Crippen molar-refractivity contribution in [3.05, 3.63) is 42.0 Å². The summed E-state index contributed by atoms with van der Waals surface area (Å²) < 4.78 is 5.77. The Morgan fingerprint density at radius 2 is 1.53 bits per heavy atom. The van der Waals surface area contributed by atoms with E-state index in [9.17, 15) is 0 Å². The molecule has 19 heavy (non-hydrogen) atoms. The standard InChI is InChI=1S/C18H24O/c1-13(2)9-15-5-6-17-11-18(19-12-14(3)4)8-7-16(17)10-15/h5-8,10-11,13-14H,9,12H2,1-4H3. The monoisotopic (exact) mass is 256 g/mol. The van der Waals surface area contributed by atoms with Gasteiger partial charge in [-0.3, -0.25) is 0 Å². The van der Waals surface area contributed by atoms with Crippen LogP contribution in [0, 0.1) is 11.8 Å². The summed E-state index contributed by atoms with van der Waals surface area (Å²) in [5.41, 5.74) is 1.42. The van der Waals surface area contributed by atoms with Gasteiger partial charge >= 0.3 is 0 Å². The predicted molar refractivity (Wildman–Crippen MR) is 82.8 cm³/mol. The van der Waals surface area contributed by atoms with Crippen molar-refractivity contribution in [1.29, 1.82) is 0 Å². The number of hydrogen-bond acceptors (Lipinski definition) is 1. The van der Waals surface area contributed by atoms with Crippen LogP contribution >= 0.6 is 0 Å². The molecule has 0 unspecified atom stereocenters. The number of hydrogen-bond donors (Lipinski definition) is 0. The van der Waals surface area contributed by atoms with E-state index in [1.165, 1.54) is 16.3 Å². The van der Waals surface area contributed by atoms with Crippen LogP contribution in [-0.4, -0.2) is 6.61 Å². The molecule has 2 aromatic rings. The lowest BCUT2D eigenvalue weighted by Crippen LogP contribution is -2.04. The summed E-state index contributed by atoms with van der Waals surface area (Å²) in [6.45, 7) is 9.62. The van der Waals surface area contributed by atoms with E-state index >= 15 is 0 Å². The molecule has 0 aliphatic carbocycles. The van der Waals surface area contributed by atoms with Gasteiger partial charge < -0.3 is 4.74 Å². The van der Waals surface area contributed by atoms with Gasteiger partial charge in [0.1, 0.15) is 5.75 Å². The smallest absolute Gasteiger partial charge is 0.119 e. The highest BCUT2D eigenvalue weighted by Gasteiger charge is 2.02. The molecule has 0 saturated carbocycles. The second kappa shape index (κ2) is 6.10. The van der Waals surface area contributed by atoms with E-state index in [2.05, 4.69) is 64.1 Å². The Kier molecular flexibility index (Phi) is 4.47. The van der Waals surface area contributed by atoms with E-state index in [0.717, 1.165) is 18.8 Å². The third-order valence-electron chi connectivity index (χ3n) is 3.10. The van der Waals surface area contributed by atoms with Crippen LogP contribution in [-0.2, 0) is 6.42 Å². The minimum Gasteiger partial charge on any atom is -0.493 e. The number of ether oxygens (including phenoxy) is 1. The Bertz CT molecular complexity index is 540. The Morgan fingerprint density at radius 1 is 0.842 bits per heavy atom. The van der Waals surface area contributed by atoms with Crippen LogP contribution in [0.1, 0.15) is 33.3 Å². The van der Waals surface area contributed by atoms with E-state index in [0.29, 0.717) is 11.8 Å². The largest absolute Gasteiger partial charge is 0.493 e. The molecule has 0 N–H and O–H groups in total. The summed E-state index contributed by atoms with van der Waals surface area (Å²) >= 11 is 0. The Labute approximate surface area is 116 Å². The van der Waals surface area contributed by atoms with Crippen molar-refractivity contribution < 1.29 is 4.74 Å². The summed E-state index contributed by atoms with van der Waals surface area (Å²) in [5.74, 6) is 2.23. The summed E-state index contributed by atoms with van der Waals surface area (Å²) in [5, 5.41) is 2.56. The fourth-order valence-electron chi connectivity index (χ4n) is 2.22. The first-order chi connectivity index (χ1) is 9.04. The predicted octanol–water partition coefficient (Wildman–Crippen LogP) is 5.07. The molecule has 0 atom stereocenters. The lowest BCUT2D eigenvalue weighted by molar-refractivity contribution is 0.271. The van der Waals surface area contributed by atoms with Crippen molar-refractivity contribution in [3.63, 3.8) is 0 Å². The van der Waals surface area contributed by atoms with Gasteiger partial charge in [0.2, 0.25) is 0 Å². The topological polar surface area (TPSA) is 9.23 Å². The minimum absolute atomic E-state index is 0.559. The first-order valence-electron chi connectivity index (χ1n) is 7.20. The van der Waals surface area contributed by atoms with E-state index in [1.807, 2.05) is 0 Å². The zero-order valence-electron chi connectivity index (χ0n) is 12.4. The fraction of sp³-hybridized carbons (Fsp3) is 0.444. The third kappa shape index (κ3) is 3.99. The van der Waals surface area contributed by atoms with Crippen LogP contribution in [0.5, 0.6) is 5.75 Å². The minimum atomic E-state index is 0.559. The van der Waals surface area contributed by atoms with Crippen molar-refractivity contribution in [2.75, 3.05) is 6.61 Å². The van der Waals surface area contributed by atoms with Crippen molar-refractivity contribution in [3.8, 4) is 5.75 Å². The molecule has 0 aromatic heterocycles. The lowest BCUT2D eigenvalue weighted by Gasteiger charge is -2.10. The Hall–Kier alpha value is -1.50. The molecule has 0 aliphatic heterocycles. The molecule has 0 aliphatic rings. The Balaban J connectivity index is 2.20. The molecular formula is C18H24O. The van der Waals surface area contributed by atoms with E-state index < -0.39 is 0 Å². The highest BCUT2D eigenvalue weighted by atomic mass is 16.5. The SMILES string of the molecule is CC(C)COc1ccc2cc(CC(C)C)ccc2c1. The number of rotatable bonds is 5. The molecule has 2 aromatic carbocycles. The Morgan fingerprint density at radius 3 is 2.21 bits per heavy atom. The fourth-order valence-corrected chi connectivity index (χ4v) is 2.22. The molecule has 0 heterocycles. The molecule has 0 fully saturated rings. The van der Waals surface area contributed by atoms with Gasteiger partial charge in [0, 0.05) is 0 Å². The average molecular weight is 256 g/mol. The maximum Gasteiger partial charge on any atom is 0.119 e. The number of benzene rings is 2. The molecule has 1 heteroatoms. The van der Waals surface area contributed by atoms with Gasteiger partial charge in [-0.1, -0.05) is 52.0 Å². The molecule has 2 rings (SSSR count).